The number of hydrogen-bond donors (Lipinski definition) is 1. The summed E-state index contributed by atoms with van der Waals surface area (Å²) in [6, 6.07) is 13.6. The molecule has 0 spiro atoms. The molecule has 2 aromatic heterocycles. The molecule has 0 unspecified atom stereocenters. The predicted octanol–water partition coefficient (Wildman–Crippen LogP) is 4.43. The number of fused-ring (bicyclic) bond motifs is 1. The van der Waals surface area contributed by atoms with Gasteiger partial charge in [-0.3, -0.25) is 4.98 Å². The maximum Gasteiger partial charge on any atom is 0.110 e. The van der Waals surface area contributed by atoms with Gasteiger partial charge >= 0.3 is 0 Å². The van der Waals surface area contributed by atoms with Crippen LogP contribution in [-0.2, 0) is 6.54 Å². The highest BCUT2D eigenvalue weighted by molar-refractivity contribution is 7.12. The largest absolute Gasteiger partial charge is 0.380 e. The molecular weight excluding hydrogens is 290 g/mol. The highest BCUT2D eigenvalue weighted by atomic mass is 35.5. The Labute approximate surface area is 125 Å². The van der Waals surface area contributed by atoms with E-state index in [1.54, 1.807) is 6.20 Å². The Balaban J connectivity index is 1.88. The molecule has 5 heteroatoms. The Hall–Kier alpha value is -2.09. The van der Waals surface area contributed by atoms with Crippen LogP contribution in [0, 0.1) is 11.3 Å². The molecule has 0 aliphatic heterocycles. The van der Waals surface area contributed by atoms with Crippen molar-refractivity contribution in [1.29, 1.82) is 5.26 Å². The van der Waals surface area contributed by atoms with E-state index in [9.17, 15) is 0 Å². The topological polar surface area (TPSA) is 48.7 Å². The number of hydrogen-bond acceptors (Lipinski definition) is 4. The molecule has 3 nitrogen and oxygen atoms in total. The zero-order valence-corrected chi connectivity index (χ0v) is 12.0. The molecule has 0 saturated heterocycles. The van der Waals surface area contributed by atoms with Crippen LogP contribution < -0.4 is 5.32 Å². The van der Waals surface area contributed by atoms with E-state index in [0.29, 0.717) is 11.6 Å². The second kappa shape index (κ2) is 5.49. The molecule has 2 heterocycles. The average molecular weight is 300 g/mol. The van der Waals surface area contributed by atoms with Gasteiger partial charge in [0.15, 0.2) is 0 Å². The van der Waals surface area contributed by atoms with Crippen molar-refractivity contribution in [1.82, 2.24) is 4.98 Å². The van der Waals surface area contributed by atoms with Crippen molar-refractivity contribution >= 4 is 39.5 Å². The number of benzene rings is 1. The molecular formula is C15H10ClN3S. The molecule has 0 aliphatic rings. The molecule has 0 radical (unpaired) electrons. The van der Waals surface area contributed by atoms with Crippen molar-refractivity contribution < 1.29 is 0 Å². The van der Waals surface area contributed by atoms with E-state index < -0.39 is 0 Å². The fourth-order valence-electron chi connectivity index (χ4n) is 2.01. The van der Waals surface area contributed by atoms with Crippen LogP contribution in [0.25, 0.3) is 10.9 Å². The van der Waals surface area contributed by atoms with Gasteiger partial charge in [-0.2, -0.15) is 5.26 Å². The normalized spacial score (nSPS) is 10.4. The van der Waals surface area contributed by atoms with Gasteiger partial charge in [-0.25, -0.2) is 0 Å². The first-order chi connectivity index (χ1) is 9.78. The van der Waals surface area contributed by atoms with Crippen LogP contribution in [0.1, 0.15) is 9.75 Å². The molecule has 3 aromatic rings. The average Bonchev–Trinajstić information content (AvgIpc) is 2.95. The maximum absolute atomic E-state index is 8.83. The Morgan fingerprint density at radius 2 is 2.15 bits per heavy atom. The molecule has 0 atom stereocenters. The van der Waals surface area contributed by atoms with Crippen LogP contribution in [-0.4, -0.2) is 4.98 Å². The Morgan fingerprint density at radius 3 is 2.95 bits per heavy atom. The number of nitrogens with zero attached hydrogens (tertiary/aromatic N) is 2. The zero-order chi connectivity index (χ0) is 13.9. The summed E-state index contributed by atoms with van der Waals surface area (Å²) in [6.45, 7) is 0.679. The molecule has 3 rings (SSSR count). The van der Waals surface area contributed by atoms with Crippen LogP contribution in [0.4, 0.5) is 5.69 Å². The predicted molar refractivity (Wildman–Crippen MR) is 83.1 cm³/mol. The van der Waals surface area contributed by atoms with Gasteiger partial charge in [0.25, 0.3) is 0 Å². The van der Waals surface area contributed by atoms with Crippen molar-refractivity contribution in [2.45, 2.75) is 6.54 Å². The van der Waals surface area contributed by atoms with E-state index in [1.807, 2.05) is 36.4 Å². The molecule has 20 heavy (non-hydrogen) atoms. The molecule has 98 valence electrons. The number of nitrogens with one attached hydrogen (secondary N) is 1. The summed E-state index contributed by atoms with van der Waals surface area (Å²) in [7, 11) is 0. The minimum absolute atomic E-state index is 0.647. The number of nitriles is 1. The Bertz CT molecular complexity index is 804. The molecule has 1 aromatic carbocycles. The maximum atomic E-state index is 8.83. The van der Waals surface area contributed by atoms with E-state index in [0.717, 1.165) is 26.3 Å². The monoisotopic (exact) mass is 299 g/mol. The van der Waals surface area contributed by atoms with E-state index in [4.69, 9.17) is 16.9 Å². The minimum atomic E-state index is 0.647. The van der Waals surface area contributed by atoms with Crippen molar-refractivity contribution in [3.8, 4) is 6.07 Å². The van der Waals surface area contributed by atoms with E-state index in [-0.39, 0.29) is 0 Å². The number of pyridine rings is 1. The summed E-state index contributed by atoms with van der Waals surface area (Å²) in [5.41, 5.74) is 1.78. The fraction of sp³-hybridized carbons (Fsp3) is 0.0667. The number of rotatable bonds is 3. The second-order valence-corrected chi connectivity index (χ2v) is 5.80. The van der Waals surface area contributed by atoms with Crippen molar-refractivity contribution in [3.05, 3.63) is 57.4 Å². The van der Waals surface area contributed by atoms with E-state index >= 15 is 0 Å². The Morgan fingerprint density at radius 1 is 1.25 bits per heavy atom. The standard InChI is InChI=1S/C15H10ClN3S/c16-13-5-6-14(12-2-1-7-18-15(12)13)19-9-11-4-3-10(8-17)20-11/h1-7,19H,9H2. The van der Waals surface area contributed by atoms with Gasteiger partial charge in [0.1, 0.15) is 10.9 Å². The smallest absolute Gasteiger partial charge is 0.110 e. The van der Waals surface area contributed by atoms with Crippen LogP contribution >= 0.6 is 22.9 Å². The summed E-state index contributed by atoms with van der Waals surface area (Å²) in [6.07, 6.45) is 1.73. The van der Waals surface area contributed by atoms with E-state index in [1.165, 1.54) is 11.3 Å². The number of anilines is 1. The highest BCUT2D eigenvalue weighted by Crippen LogP contribution is 2.28. The first-order valence-corrected chi connectivity index (χ1v) is 7.23. The lowest BCUT2D eigenvalue weighted by molar-refractivity contribution is 1.20. The quantitative estimate of drug-likeness (QED) is 0.778. The van der Waals surface area contributed by atoms with Gasteiger partial charge in [0, 0.05) is 28.7 Å². The summed E-state index contributed by atoms with van der Waals surface area (Å²) in [5.74, 6) is 0. The van der Waals surface area contributed by atoms with Gasteiger partial charge in [-0.05, 0) is 36.4 Å². The van der Waals surface area contributed by atoms with Crippen LogP contribution in [0.5, 0.6) is 0 Å². The number of aromatic nitrogens is 1. The lowest BCUT2D eigenvalue weighted by Crippen LogP contribution is -1.98. The number of thiophene rings is 1. The first kappa shape index (κ1) is 12.9. The lowest BCUT2D eigenvalue weighted by Gasteiger charge is -2.09. The molecule has 0 saturated carbocycles. The van der Waals surface area contributed by atoms with Gasteiger partial charge in [0.2, 0.25) is 0 Å². The van der Waals surface area contributed by atoms with Gasteiger partial charge in [0.05, 0.1) is 10.5 Å². The molecule has 1 N–H and O–H groups in total. The molecule has 0 aliphatic carbocycles. The van der Waals surface area contributed by atoms with Gasteiger partial charge in [-0.15, -0.1) is 11.3 Å². The van der Waals surface area contributed by atoms with Crippen molar-refractivity contribution in [2.75, 3.05) is 5.32 Å². The molecule has 0 amide bonds. The molecule has 0 bridgehead atoms. The third-order valence-electron chi connectivity index (χ3n) is 2.95. The zero-order valence-electron chi connectivity index (χ0n) is 10.4. The summed E-state index contributed by atoms with van der Waals surface area (Å²) >= 11 is 7.64. The SMILES string of the molecule is N#Cc1ccc(CNc2ccc(Cl)c3ncccc23)s1. The summed E-state index contributed by atoms with van der Waals surface area (Å²) in [4.78, 5) is 6.15. The second-order valence-electron chi connectivity index (χ2n) is 4.23. The lowest BCUT2D eigenvalue weighted by atomic mass is 10.2. The van der Waals surface area contributed by atoms with Gasteiger partial charge in [-0.1, -0.05) is 11.6 Å². The van der Waals surface area contributed by atoms with Crippen LogP contribution in [0.2, 0.25) is 5.02 Å². The number of halogens is 1. The first-order valence-electron chi connectivity index (χ1n) is 6.04. The van der Waals surface area contributed by atoms with Crippen LogP contribution in [0.3, 0.4) is 0 Å². The highest BCUT2D eigenvalue weighted by Gasteiger charge is 2.06. The van der Waals surface area contributed by atoms with Crippen molar-refractivity contribution in [3.63, 3.8) is 0 Å². The van der Waals surface area contributed by atoms with Crippen molar-refractivity contribution in [2.24, 2.45) is 0 Å². The van der Waals surface area contributed by atoms with E-state index in [2.05, 4.69) is 16.4 Å². The Kier molecular flexibility index (Phi) is 3.55. The fourth-order valence-corrected chi connectivity index (χ4v) is 2.97. The summed E-state index contributed by atoms with van der Waals surface area (Å²) < 4.78 is 0. The minimum Gasteiger partial charge on any atom is -0.380 e. The third kappa shape index (κ3) is 2.46. The van der Waals surface area contributed by atoms with Gasteiger partial charge < -0.3 is 5.32 Å². The van der Waals surface area contributed by atoms with Crippen LogP contribution in [0.15, 0.2) is 42.6 Å². The third-order valence-corrected chi connectivity index (χ3v) is 4.24. The summed E-state index contributed by atoms with van der Waals surface area (Å²) in [5, 5.41) is 13.8. The molecule has 0 fully saturated rings.